The van der Waals surface area contributed by atoms with E-state index >= 15 is 0 Å². The van der Waals surface area contributed by atoms with Crippen molar-refractivity contribution in [2.24, 2.45) is 0 Å². The summed E-state index contributed by atoms with van der Waals surface area (Å²) in [5.74, 6) is -0.496. The molecule has 7 nitrogen and oxygen atoms in total. The van der Waals surface area contributed by atoms with Gasteiger partial charge in [-0.05, 0) is 49.8 Å². The number of hydrogen-bond donors (Lipinski definition) is 2. The Labute approximate surface area is 173 Å². The summed E-state index contributed by atoms with van der Waals surface area (Å²) in [4.78, 5) is 38.3. The molecule has 0 spiro atoms. The summed E-state index contributed by atoms with van der Waals surface area (Å²) in [5, 5.41) is 5.72. The highest BCUT2D eigenvalue weighted by atomic mass is 16.6. The number of carbonyl (C=O) groups is 3. The van der Waals surface area contributed by atoms with Crippen LogP contribution in [0.2, 0.25) is 0 Å². The van der Waals surface area contributed by atoms with Gasteiger partial charge in [0, 0.05) is 24.7 Å². The van der Waals surface area contributed by atoms with Crippen LogP contribution in [0.15, 0.2) is 24.3 Å². The lowest BCUT2D eigenvalue weighted by atomic mass is 9.86. The van der Waals surface area contributed by atoms with Crippen molar-refractivity contribution in [2.45, 2.75) is 65.0 Å². The summed E-state index contributed by atoms with van der Waals surface area (Å²) >= 11 is 0. The molecule has 3 amide bonds. The van der Waals surface area contributed by atoms with Crippen molar-refractivity contribution in [3.05, 3.63) is 35.4 Å². The van der Waals surface area contributed by atoms with E-state index in [1.807, 2.05) is 12.1 Å². The van der Waals surface area contributed by atoms with Crippen LogP contribution in [0.3, 0.4) is 0 Å². The molecular formula is C22H33N3O4. The van der Waals surface area contributed by atoms with Crippen molar-refractivity contribution in [2.75, 3.05) is 19.7 Å². The Kier molecular flexibility index (Phi) is 7.65. The Morgan fingerprint density at radius 1 is 1.14 bits per heavy atom. The van der Waals surface area contributed by atoms with Gasteiger partial charge in [0.15, 0.2) is 0 Å². The zero-order valence-electron chi connectivity index (χ0n) is 18.1. The monoisotopic (exact) mass is 403 g/mol. The second kappa shape index (κ2) is 9.76. The van der Waals surface area contributed by atoms with Gasteiger partial charge in [0.2, 0.25) is 5.91 Å². The van der Waals surface area contributed by atoms with Gasteiger partial charge in [-0.2, -0.15) is 0 Å². The van der Waals surface area contributed by atoms with Gasteiger partial charge >= 0.3 is 6.09 Å². The van der Waals surface area contributed by atoms with E-state index in [1.165, 1.54) is 0 Å². The van der Waals surface area contributed by atoms with Gasteiger partial charge in [-0.15, -0.1) is 0 Å². The molecule has 2 rings (SSSR count). The minimum atomic E-state index is -0.645. The molecule has 1 fully saturated rings. The fourth-order valence-corrected chi connectivity index (χ4v) is 3.21. The fraction of sp³-hybridized carbons (Fsp3) is 0.591. The Hall–Kier alpha value is -2.57. The van der Waals surface area contributed by atoms with E-state index < -0.39 is 6.04 Å². The Morgan fingerprint density at radius 3 is 2.24 bits per heavy atom. The molecule has 0 radical (unpaired) electrons. The maximum atomic E-state index is 12.5. The van der Waals surface area contributed by atoms with Crippen molar-refractivity contribution in [1.29, 1.82) is 0 Å². The number of piperidine rings is 1. The third-order valence-electron chi connectivity index (χ3n) is 5.12. The molecule has 1 atom stereocenters. The molecule has 0 aromatic heterocycles. The SMILES string of the molecule is CCOC(=O)N1CCC(NC(=O)C(C)NC(=O)c2ccc(C(C)(C)C)cc2)CC1. The molecule has 160 valence electrons. The molecule has 7 heteroatoms. The first-order valence-electron chi connectivity index (χ1n) is 10.2. The third kappa shape index (κ3) is 6.48. The predicted octanol–water partition coefficient (Wildman–Crippen LogP) is 2.84. The Bertz CT molecular complexity index is 717. The zero-order chi connectivity index (χ0) is 21.6. The normalized spacial score (nSPS) is 16.1. The number of ether oxygens (including phenoxy) is 1. The number of carbonyl (C=O) groups excluding carboxylic acids is 3. The number of rotatable bonds is 5. The minimum Gasteiger partial charge on any atom is -0.450 e. The van der Waals surface area contributed by atoms with E-state index in [9.17, 15) is 14.4 Å². The molecule has 1 saturated heterocycles. The van der Waals surface area contributed by atoms with Gasteiger partial charge in [-0.3, -0.25) is 9.59 Å². The standard InChI is InChI=1S/C22H33N3O4/c1-6-29-21(28)25-13-11-18(12-14-25)24-19(26)15(2)23-20(27)16-7-9-17(10-8-16)22(3,4)5/h7-10,15,18H,6,11-14H2,1-5H3,(H,23,27)(H,24,26). The molecule has 1 aromatic carbocycles. The molecule has 1 aromatic rings. The first kappa shape index (κ1) is 22.7. The molecule has 1 aliphatic rings. The third-order valence-corrected chi connectivity index (χ3v) is 5.12. The molecule has 0 bridgehead atoms. The lowest BCUT2D eigenvalue weighted by Gasteiger charge is -2.32. The first-order valence-corrected chi connectivity index (χ1v) is 10.2. The predicted molar refractivity (Wildman–Crippen MR) is 112 cm³/mol. The van der Waals surface area contributed by atoms with Crippen LogP contribution < -0.4 is 10.6 Å². The van der Waals surface area contributed by atoms with Crippen molar-refractivity contribution in [1.82, 2.24) is 15.5 Å². The summed E-state index contributed by atoms with van der Waals surface area (Å²) in [6.45, 7) is 11.2. The summed E-state index contributed by atoms with van der Waals surface area (Å²) in [6, 6.07) is 6.79. The lowest BCUT2D eigenvalue weighted by Crippen LogP contribution is -2.51. The number of hydrogen-bond acceptors (Lipinski definition) is 4. The van der Waals surface area contributed by atoms with Gasteiger partial charge in [-0.25, -0.2) is 4.79 Å². The van der Waals surface area contributed by atoms with Crippen LogP contribution in [0, 0.1) is 0 Å². The van der Waals surface area contributed by atoms with Crippen molar-refractivity contribution in [3.8, 4) is 0 Å². The van der Waals surface area contributed by atoms with Gasteiger partial charge in [0.1, 0.15) is 6.04 Å². The highest BCUT2D eigenvalue weighted by molar-refractivity contribution is 5.97. The van der Waals surface area contributed by atoms with E-state index in [2.05, 4.69) is 31.4 Å². The second-order valence-electron chi connectivity index (χ2n) is 8.49. The molecule has 1 aliphatic heterocycles. The summed E-state index contributed by atoms with van der Waals surface area (Å²) in [5.41, 5.74) is 1.69. The van der Waals surface area contributed by atoms with Crippen LogP contribution in [-0.4, -0.2) is 54.6 Å². The minimum absolute atomic E-state index is 0.0152. The molecule has 0 saturated carbocycles. The van der Waals surface area contributed by atoms with E-state index in [0.29, 0.717) is 38.1 Å². The quantitative estimate of drug-likeness (QED) is 0.791. The maximum absolute atomic E-state index is 12.5. The molecule has 2 N–H and O–H groups in total. The number of nitrogens with zero attached hydrogens (tertiary/aromatic N) is 1. The average molecular weight is 404 g/mol. The maximum Gasteiger partial charge on any atom is 0.409 e. The van der Waals surface area contributed by atoms with Crippen LogP contribution in [0.5, 0.6) is 0 Å². The highest BCUT2D eigenvalue weighted by Gasteiger charge is 2.26. The van der Waals surface area contributed by atoms with Crippen LogP contribution in [0.1, 0.15) is 63.4 Å². The highest BCUT2D eigenvalue weighted by Crippen LogP contribution is 2.22. The zero-order valence-corrected chi connectivity index (χ0v) is 18.1. The van der Waals surface area contributed by atoms with Crippen molar-refractivity contribution in [3.63, 3.8) is 0 Å². The number of nitrogens with one attached hydrogen (secondary N) is 2. The molecule has 1 heterocycles. The van der Waals surface area contributed by atoms with Crippen LogP contribution >= 0.6 is 0 Å². The van der Waals surface area contributed by atoms with Crippen molar-refractivity contribution < 1.29 is 19.1 Å². The van der Waals surface area contributed by atoms with Gasteiger partial charge < -0.3 is 20.3 Å². The second-order valence-corrected chi connectivity index (χ2v) is 8.49. The molecule has 29 heavy (non-hydrogen) atoms. The molecular weight excluding hydrogens is 370 g/mol. The summed E-state index contributed by atoms with van der Waals surface area (Å²) in [7, 11) is 0. The van der Waals surface area contributed by atoms with Gasteiger partial charge in [0.05, 0.1) is 6.61 Å². The average Bonchev–Trinajstić information content (AvgIpc) is 2.68. The first-order chi connectivity index (χ1) is 13.6. The Balaban J connectivity index is 1.82. The van der Waals surface area contributed by atoms with Crippen LogP contribution in [0.4, 0.5) is 4.79 Å². The van der Waals surface area contributed by atoms with Crippen molar-refractivity contribution >= 4 is 17.9 Å². The summed E-state index contributed by atoms with van der Waals surface area (Å²) < 4.78 is 5.00. The Morgan fingerprint density at radius 2 is 1.72 bits per heavy atom. The van der Waals surface area contributed by atoms with Crippen LogP contribution in [0.25, 0.3) is 0 Å². The number of amides is 3. The van der Waals surface area contributed by atoms with Gasteiger partial charge in [-0.1, -0.05) is 32.9 Å². The number of benzene rings is 1. The van der Waals surface area contributed by atoms with Gasteiger partial charge in [0.25, 0.3) is 5.91 Å². The fourth-order valence-electron chi connectivity index (χ4n) is 3.21. The number of likely N-dealkylation sites (tertiary alicyclic amines) is 1. The topological polar surface area (TPSA) is 87.7 Å². The largest absolute Gasteiger partial charge is 0.450 e. The lowest BCUT2D eigenvalue weighted by molar-refractivity contribution is -0.123. The van der Waals surface area contributed by atoms with Crippen LogP contribution in [-0.2, 0) is 14.9 Å². The molecule has 1 unspecified atom stereocenters. The van der Waals surface area contributed by atoms with E-state index in [1.54, 1.807) is 30.9 Å². The smallest absolute Gasteiger partial charge is 0.409 e. The van der Waals surface area contributed by atoms with E-state index in [4.69, 9.17) is 4.74 Å². The molecule has 0 aliphatic carbocycles. The van der Waals surface area contributed by atoms with E-state index in [0.717, 1.165) is 5.56 Å². The summed E-state index contributed by atoms with van der Waals surface area (Å²) in [6.07, 6.45) is 1.02. The van der Waals surface area contributed by atoms with E-state index in [-0.39, 0.29) is 29.4 Å².